The smallest absolute Gasteiger partial charge is 0.122 e. The molecule has 0 saturated heterocycles. The number of rotatable bonds is 4. The van der Waals surface area contributed by atoms with Gasteiger partial charge < -0.3 is 4.42 Å². The average Bonchev–Trinajstić information content (AvgIpc) is 2.85. The number of hydrazine groups is 1. The first-order chi connectivity index (χ1) is 7.29. The fraction of sp³-hybridized carbons (Fsp3) is 0.200. The molecule has 2 aromatic heterocycles. The van der Waals surface area contributed by atoms with Crippen LogP contribution in [0.5, 0.6) is 0 Å². The summed E-state index contributed by atoms with van der Waals surface area (Å²) in [7, 11) is 0. The number of hydrogen-bond donors (Lipinski definition) is 2. The molecule has 15 heavy (non-hydrogen) atoms. The van der Waals surface area contributed by atoms with Crippen LogP contribution in [0.2, 0.25) is 4.34 Å². The second kappa shape index (κ2) is 4.81. The topological polar surface area (TPSA) is 51.2 Å². The van der Waals surface area contributed by atoms with Gasteiger partial charge in [-0.2, -0.15) is 0 Å². The highest BCUT2D eigenvalue weighted by Gasteiger charge is 2.14. The predicted molar refractivity (Wildman–Crippen MR) is 61.8 cm³/mol. The van der Waals surface area contributed by atoms with Gasteiger partial charge in [0.25, 0.3) is 0 Å². The zero-order chi connectivity index (χ0) is 10.7. The zero-order valence-corrected chi connectivity index (χ0v) is 9.52. The van der Waals surface area contributed by atoms with Crippen molar-refractivity contribution in [2.75, 3.05) is 0 Å². The fourth-order valence-electron chi connectivity index (χ4n) is 1.39. The Bertz CT molecular complexity index is 413. The summed E-state index contributed by atoms with van der Waals surface area (Å²) in [4.78, 5) is 1.18. The Kier molecular flexibility index (Phi) is 3.43. The Morgan fingerprint density at radius 1 is 1.47 bits per heavy atom. The van der Waals surface area contributed by atoms with Crippen molar-refractivity contribution in [1.82, 2.24) is 5.43 Å². The molecule has 2 rings (SSSR count). The number of furan rings is 1. The van der Waals surface area contributed by atoms with E-state index in [1.807, 2.05) is 24.3 Å². The molecule has 0 spiro atoms. The Labute approximate surface area is 96.8 Å². The molecular weight excluding hydrogens is 232 g/mol. The molecule has 3 nitrogen and oxygen atoms in total. The number of nitrogens with two attached hydrogens (primary N) is 1. The van der Waals surface area contributed by atoms with E-state index >= 15 is 0 Å². The first-order valence-corrected chi connectivity index (χ1v) is 5.73. The van der Waals surface area contributed by atoms with E-state index in [9.17, 15) is 0 Å². The molecule has 0 aliphatic heterocycles. The van der Waals surface area contributed by atoms with Crippen molar-refractivity contribution in [2.24, 2.45) is 5.84 Å². The highest BCUT2D eigenvalue weighted by molar-refractivity contribution is 7.16. The third-order valence-corrected chi connectivity index (χ3v) is 3.38. The molecule has 0 saturated carbocycles. The quantitative estimate of drug-likeness (QED) is 0.640. The lowest BCUT2D eigenvalue weighted by Crippen LogP contribution is -2.29. The minimum atomic E-state index is -0.00489. The van der Waals surface area contributed by atoms with Gasteiger partial charge in [-0.15, -0.1) is 11.3 Å². The molecule has 2 aromatic rings. The van der Waals surface area contributed by atoms with Crippen molar-refractivity contribution < 1.29 is 4.42 Å². The molecule has 0 aliphatic rings. The maximum absolute atomic E-state index is 5.86. The predicted octanol–water partition coefficient (Wildman–Crippen LogP) is 2.74. The second-order valence-electron chi connectivity index (χ2n) is 3.14. The van der Waals surface area contributed by atoms with Gasteiger partial charge in [0, 0.05) is 11.3 Å². The fourth-order valence-corrected chi connectivity index (χ4v) is 2.53. The number of thiophene rings is 1. The van der Waals surface area contributed by atoms with Crippen molar-refractivity contribution in [3.8, 4) is 0 Å². The second-order valence-corrected chi connectivity index (χ2v) is 4.94. The van der Waals surface area contributed by atoms with E-state index in [4.69, 9.17) is 21.9 Å². The van der Waals surface area contributed by atoms with Crippen LogP contribution in [0.15, 0.2) is 34.9 Å². The molecule has 1 unspecified atom stereocenters. The van der Waals surface area contributed by atoms with Crippen LogP contribution in [0.25, 0.3) is 0 Å². The highest BCUT2D eigenvalue weighted by atomic mass is 35.5. The standard InChI is InChI=1S/C10H11ClN2OS/c11-10-4-3-7(15-10)6-8(13-12)9-2-1-5-14-9/h1-5,8,13H,6,12H2. The minimum Gasteiger partial charge on any atom is -0.468 e. The average molecular weight is 243 g/mol. The van der Waals surface area contributed by atoms with E-state index in [1.165, 1.54) is 4.88 Å². The van der Waals surface area contributed by atoms with Gasteiger partial charge in [0.15, 0.2) is 0 Å². The summed E-state index contributed by atoms with van der Waals surface area (Å²) >= 11 is 7.41. The maximum Gasteiger partial charge on any atom is 0.122 e. The molecule has 0 radical (unpaired) electrons. The first-order valence-electron chi connectivity index (χ1n) is 4.53. The molecule has 3 N–H and O–H groups in total. The number of hydrogen-bond acceptors (Lipinski definition) is 4. The summed E-state index contributed by atoms with van der Waals surface area (Å²) in [6.07, 6.45) is 2.42. The van der Waals surface area contributed by atoms with E-state index in [0.29, 0.717) is 0 Å². The Morgan fingerprint density at radius 2 is 2.33 bits per heavy atom. The first kappa shape index (κ1) is 10.7. The number of halogens is 1. The molecule has 2 heterocycles. The lowest BCUT2D eigenvalue weighted by atomic mass is 10.1. The Morgan fingerprint density at radius 3 is 2.87 bits per heavy atom. The van der Waals surface area contributed by atoms with E-state index < -0.39 is 0 Å². The third-order valence-electron chi connectivity index (χ3n) is 2.12. The summed E-state index contributed by atoms with van der Waals surface area (Å²) in [5.74, 6) is 6.32. The Balaban J connectivity index is 2.09. The van der Waals surface area contributed by atoms with E-state index in [0.717, 1.165) is 16.5 Å². The molecule has 80 valence electrons. The van der Waals surface area contributed by atoms with Crippen molar-refractivity contribution in [3.05, 3.63) is 45.5 Å². The van der Waals surface area contributed by atoms with Crippen molar-refractivity contribution in [3.63, 3.8) is 0 Å². The summed E-state index contributed by atoms with van der Waals surface area (Å²) in [5, 5.41) is 0. The van der Waals surface area contributed by atoms with Gasteiger partial charge in [0.1, 0.15) is 5.76 Å². The summed E-state index contributed by atoms with van der Waals surface area (Å²) < 4.78 is 6.09. The van der Waals surface area contributed by atoms with Crippen LogP contribution in [0.4, 0.5) is 0 Å². The molecular formula is C10H11ClN2OS. The molecule has 1 atom stereocenters. The van der Waals surface area contributed by atoms with Crippen LogP contribution in [0.1, 0.15) is 16.7 Å². The van der Waals surface area contributed by atoms with E-state index in [1.54, 1.807) is 17.6 Å². The van der Waals surface area contributed by atoms with Gasteiger partial charge in [-0.05, 0) is 24.3 Å². The largest absolute Gasteiger partial charge is 0.468 e. The van der Waals surface area contributed by atoms with Crippen molar-refractivity contribution in [1.29, 1.82) is 0 Å². The van der Waals surface area contributed by atoms with Crippen LogP contribution in [0, 0.1) is 0 Å². The van der Waals surface area contributed by atoms with Gasteiger partial charge >= 0.3 is 0 Å². The molecule has 0 amide bonds. The summed E-state index contributed by atoms with van der Waals surface area (Å²) in [6.45, 7) is 0. The van der Waals surface area contributed by atoms with Crippen LogP contribution in [0.3, 0.4) is 0 Å². The van der Waals surface area contributed by atoms with E-state index in [2.05, 4.69) is 5.43 Å². The lowest BCUT2D eigenvalue weighted by molar-refractivity contribution is 0.417. The van der Waals surface area contributed by atoms with Crippen molar-refractivity contribution in [2.45, 2.75) is 12.5 Å². The monoisotopic (exact) mass is 242 g/mol. The van der Waals surface area contributed by atoms with Gasteiger partial charge in [0.2, 0.25) is 0 Å². The van der Waals surface area contributed by atoms with Crippen LogP contribution >= 0.6 is 22.9 Å². The molecule has 0 aromatic carbocycles. The zero-order valence-electron chi connectivity index (χ0n) is 7.94. The molecule has 0 aliphatic carbocycles. The molecule has 5 heteroatoms. The van der Waals surface area contributed by atoms with Gasteiger partial charge in [0.05, 0.1) is 16.6 Å². The van der Waals surface area contributed by atoms with Gasteiger partial charge in [-0.25, -0.2) is 5.43 Å². The summed E-state index contributed by atoms with van der Waals surface area (Å²) in [6, 6.07) is 7.63. The van der Waals surface area contributed by atoms with Gasteiger partial charge in [-0.1, -0.05) is 11.6 Å². The van der Waals surface area contributed by atoms with Crippen molar-refractivity contribution >= 4 is 22.9 Å². The van der Waals surface area contributed by atoms with Gasteiger partial charge in [-0.3, -0.25) is 5.84 Å². The highest BCUT2D eigenvalue weighted by Crippen LogP contribution is 2.26. The SMILES string of the molecule is NNC(Cc1ccc(Cl)s1)c1ccco1. The minimum absolute atomic E-state index is 0.00489. The number of nitrogens with one attached hydrogen (secondary N) is 1. The summed E-state index contributed by atoms with van der Waals surface area (Å²) in [5.41, 5.74) is 2.73. The molecule has 0 bridgehead atoms. The normalized spacial score (nSPS) is 12.9. The van der Waals surface area contributed by atoms with Crippen LogP contribution in [-0.4, -0.2) is 0 Å². The molecule has 0 fully saturated rings. The van der Waals surface area contributed by atoms with Crippen LogP contribution in [-0.2, 0) is 6.42 Å². The van der Waals surface area contributed by atoms with Crippen LogP contribution < -0.4 is 11.3 Å². The Hall–Kier alpha value is -0.810. The third kappa shape index (κ3) is 2.60. The lowest BCUT2D eigenvalue weighted by Gasteiger charge is -2.11. The van der Waals surface area contributed by atoms with E-state index in [-0.39, 0.29) is 6.04 Å². The maximum atomic E-state index is 5.86.